The number of nitrogens with one attached hydrogen (secondary N) is 1. The largest absolute Gasteiger partial charge is 0.345 e. The number of hydrogen-bond acceptors (Lipinski definition) is 3. The number of rotatable bonds is 6. The van der Waals surface area contributed by atoms with Crippen molar-refractivity contribution >= 4 is 15.9 Å². The zero-order valence-electron chi connectivity index (χ0n) is 17.5. The molecule has 3 aromatic carbocycles. The SMILES string of the molecule is O=C(NC(c1ccccc1)c1ccccc1)[C@H]1CCCN(S(=O)(=O)c2ccc(F)cc2)C1. The summed E-state index contributed by atoms with van der Waals surface area (Å²) >= 11 is 0. The number of carbonyl (C=O) groups excluding carboxylic acids is 1. The number of nitrogens with zero attached hydrogens (tertiary/aromatic N) is 1. The summed E-state index contributed by atoms with van der Waals surface area (Å²) in [5, 5.41) is 3.13. The number of sulfonamides is 1. The van der Waals surface area contributed by atoms with Gasteiger partial charge < -0.3 is 5.32 Å². The zero-order chi connectivity index (χ0) is 22.6. The van der Waals surface area contributed by atoms with Gasteiger partial charge in [0.15, 0.2) is 0 Å². The maximum atomic E-state index is 13.2. The first-order valence-corrected chi connectivity index (χ1v) is 12.0. The molecule has 1 saturated heterocycles. The van der Waals surface area contributed by atoms with Gasteiger partial charge in [-0.1, -0.05) is 60.7 Å². The lowest BCUT2D eigenvalue weighted by atomic mass is 9.95. The Kier molecular flexibility index (Phi) is 6.67. The smallest absolute Gasteiger partial charge is 0.243 e. The van der Waals surface area contributed by atoms with E-state index in [1.165, 1.54) is 16.4 Å². The Labute approximate surface area is 187 Å². The van der Waals surface area contributed by atoms with Gasteiger partial charge in [0.2, 0.25) is 15.9 Å². The number of benzene rings is 3. The van der Waals surface area contributed by atoms with Gasteiger partial charge in [-0.05, 0) is 48.2 Å². The van der Waals surface area contributed by atoms with Crippen molar-refractivity contribution in [1.29, 1.82) is 0 Å². The van der Waals surface area contributed by atoms with Crippen molar-refractivity contribution in [3.63, 3.8) is 0 Å². The molecular formula is C25H25FN2O3S. The van der Waals surface area contributed by atoms with Gasteiger partial charge in [-0.25, -0.2) is 12.8 Å². The molecule has 5 nitrogen and oxygen atoms in total. The predicted molar refractivity (Wildman–Crippen MR) is 121 cm³/mol. The van der Waals surface area contributed by atoms with E-state index >= 15 is 0 Å². The van der Waals surface area contributed by atoms with Crippen LogP contribution in [0, 0.1) is 11.7 Å². The molecule has 1 fully saturated rings. The first-order chi connectivity index (χ1) is 15.4. The molecule has 0 spiro atoms. The van der Waals surface area contributed by atoms with E-state index in [1.807, 2.05) is 60.7 Å². The summed E-state index contributed by atoms with van der Waals surface area (Å²) in [6.45, 7) is 0.437. The predicted octanol–water partition coefficient (Wildman–Crippen LogP) is 4.13. The van der Waals surface area contributed by atoms with Gasteiger partial charge in [-0.2, -0.15) is 4.31 Å². The molecule has 0 bridgehead atoms. The van der Waals surface area contributed by atoms with E-state index in [-0.39, 0.29) is 23.4 Å². The lowest BCUT2D eigenvalue weighted by molar-refractivity contribution is -0.126. The van der Waals surface area contributed by atoms with Crippen molar-refractivity contribution in [3.8, 4) is 0 Å². The summed E-state index contributed by atoms with van der Waals surface area (Å²) in [7, 11) is -3.79. The van der Waals surface area contributed by atoms with Gasteiger partial charge in [0.1, 0.15) is 5.82 Å². The third-order valence-corrected chi connectivity index (χ3v) is 7.64. The van der Waals surface area contributed by atoms with Crippen molar-refractivity contribution in [3.05, 3.63) is 102 Å². The van der Waals surface area contributed by atoms with Gasteiger partial charge in [0.25, 0.3) is 0 Å². The average molecular weight is 453 g/mol. The topological polar surface area (TPSA) is 66.5 Å². The van der Waals surface area contributed by atoms with E-state index in [0.29, 0.717) is 19.4 Å². The van der Waals surface area contributed by atoms with Gasteiger partial charge in [-0.3, -0.25) is 4.79 Å². The molecule has 1 aliphatic heterocycles. The fourth-order valence-corrected chi connectivity index (χ4v) is 5.56. The lowest BCUT2D eigenvalue weighted by Crippen LogP contribution is -2.46. The van der Waals surface area contributed by atoms with Crippen molar-refractivity contribution in [2.45, 2.75) is 23.8 Å². The highest BCUT2D eigenvalue weighted by Crippen LogP contribution is 2.27. The number of hydrogen-bond donors (Lipinski definition) is 1. The first kappa shape index (κ1) is 22.2. The number of amides is 1. The quantitative estimate of drug-likeness (QED) is 0.612. The molecule has 1 atom stereocenters. The molecule has 3 aromatic rings. The second kappa shape index (κ2) is 9.63. The summed E-state index contributed by atoms with van der Waals surface area (Å²) in [4.78, 5) is 13.3. The van der Waals surface area contributed by atoms with E-state index in [9.17, 15) is 17.6 Å². The number of carbonyl (C=O) groups is 1. The van der Waals surface area contributed by atoms with Crippen LogP contribution in [0.5, 0.6) is 0 Å². The fourth-order valence-electron chi connectivity index (χ4n) is 4.04. The second-order valence-electron chi connectivity index (χ2n) is 7.92. The standard InChI is InChI=1S/C25H25FN2O3S/c26-22-13-15-23(16-14-22)32(30,31)28-17-7-12-21(18-28)25(29)27-24(19-8-3-1-4-9-19)20-10-5-2-6-11-20/h1-6,8-11,13-16,21,24H,7,12,17-18H2,(H,27,29)/t21-/m0/s1. The molecule has 0 aliphatic carbocycles. The Balaban J connectivity index is 1.52. The Hall–Kier alpha value is -3.03. The maximum absolute atomic E-state index is 13.2. The minimum absolute atomic E-state index is 0.0337. The molecular weight excluding hydrogens is 427 g/mol. The van der Waals surface area contributed by atoms with Crippen LogP contribution in [0.3, 0.4) is 0 Å². The molecule has 1 N–H and O–H groups in total. The highest BCUT2D eigenvalue weighted by molar-refractivity contribution is 7.89. The normalized spacial score (nSPS) is 17.2. The van der Waals surface area contributed by atoms with E-state index in [4.69, 9.17) is 0 Å². The molecule has 32 heavy (non-hydrogen) atoms. The van der Waals surface area contributed by atoms with Gasteiger partial charge in [-0.15, -0.1) is 0 Å². The highest BCUT2D eigenvalue weighted by Gasteiger charge is 2.34. The number of halogens is 1. The molecule has 0 aromatic heterocycles. The minimum Gasteiger partial charge on any atom is -0.345 e. The molecule has 0 saturated carbocycles. The fraction of sp³-hybridized carbons (Fsp3) is 0.240. The third kappa shape index (κ3) is 4.89. The second-order valence-corrected chi connectivity index (χ2v) is 9.86. The van der Waals surface area contributed by atoms with Crippen LogP contribution in [0.15, 0.2) is 89.8 Å². The molecule has 7 heteroatoms. The van der Waals surface area contributed by atoms with Crippen LogP contribution in [-0.4, -0.2) is 31.7 Å². The Morgan fingerprint density at radius 1 is 0.906 bits per heavy atom. The van der Waals surface area contributed by atoms with Crippen molar-refractivity contribution in [2.24, 2.45) is 5.92 Å². The Bertz CT molecular complexity index is 1110. The molecule has 0 unspecified atom stereocenters. The third-order valence-electron chi connectivity index (χ3n) is 5.76. The van der Waals surface area contributed by atoms with Crippen LogP contribution in [0.25, 0.3) is 0 Å². The Morgan fingerprint density at radius 3 is 2.03 bits per heavy atom. The zero-order valence-corrected chi connectivity index (χ0v) is 18.3. The van der Waals surface area contributed by atoms with Crippen LogP contribution in [0.2, 0.25) is 0 Å². The van der Waals surface area contributed by atoms with Crippen molar-refractivity contribution < 1.29 is 17.6 Å². The van der Waals surface area contributed by atoms with Gasteiger partial charge in [0, 0.05) is 13.1 Å². The van der Waals surface area contributed by atoms with Crippen LogP contribution in [0.1, 0.15) is 30.0 Å². The summed E-state index contributed by atoms with van der Waals surface area (Å²) in [5.74, 6) is -1.14. The highest BCUT2D eigenvalue weighted by atomic mass is 32.2. The monoisotopic (exact) mass is 452 g/mol. The minimum atomic E-state index is -3.79. The van der Waals surface area contributed by atoms with Crippen LogP contribution < -0.4 is 5.32 Å². The summed E-state index contributed by atoms with van der Waals surface area (Å²) in [5.41, 5.74) is 1.91. The van der Waals surface area contributed by atoms with Gasteiger partial charge in [0.05, 0.1) is 16.9 Å². The Morgan fingerprint density at radius 2 is 1.47 bits per heavy atom. The number of piperidine rings is 1. The van der Waals surface area contributed by atoms with Crippen LogP contribution in [-0.2, 0) is 14.8 Å². The van der Waals surface area contributed by atoms with E-state index in [2.05, 4.69) is 5.32 Å². The lowest BCUT2D eigenvalue weighted by Gasteiger charge is -2.32. The summed E-state index contributed by atoms with van der Waals surface area (Å²) < 4.78 is 40.6. The first-order valence-electron chi connectivity index (χ1n) is 10.6. The van der Waals surface area contributed by atoms with Crippen LogP contribution in [0.4, 0.5) is 4.39 Å². The van der Waals surface area contributed by atoms with E-state index in [1.54, 1.807) is 0 Å². The van der Waals surface area contributed by atoms with E-state index < -0.39 is 21.8 Å². The molecule has 1 heterocycles. The summed E-state index contributed by atoms with van der Waals surface area (Å²) in [6, 6.07) is 23.9. The molecule has 4 rings (SSSR count). The van der Waals surface area contributed by atoms with Gasteiger partial charge >= 0.3 is 0 Å². The molecule has 1 amide bonds. The molecule has 1 aliphatic rings. The molecule has 0 radical (unpaired) electrons. The van der Waals surface area contributed by atoms with Crippen molar-refractivity contribution in [2.75, 3.05) is 13.1 Å². The summed E-state index contributed by atoms with van der Waals surface area (Å²) in [6.07, 6.45) is 1.19. The van der Waals surface area contributed by atoms with Crippen LogP contribution >= 0.6 is 0 Å². The average Bonchev–Trinajstić information content (AvgIpc) is 2.84. The molecule has 166 valence electrons. The van der Waals surface area contributed by atoms with E-state index in [0.717, 1.165) is 23.3 Å². The van der Waals surface area contributed by atoms with Crippen molar-refractivity contribution in [1.82, 2.24) is 9.62 Å². The maximum Gasteiger partial charge on any atom is 0.243 e.